The SMILES string of the molecule is C.C.C.C.C.C.C.C.C.C.CCC(=O)CCCCCCCSC.CCC(=O)CCOCCOCCNC(C)=O.CCC(=O)OCCOCCOCCSC.CCC(=O)Oc1ccc(CCNC(C)=O)cc1.COC(C)=O.COC(C)=O.NCCCCCCS.NCCOCCOCCO.NCCc1ccc(O)cc1.O=C(Br)CBr.OCCOCCOCCS.[Au].[Au].[Au].[Au]. The number of halogens is 2. The Morgan fingerprint density at radius 1 is 0.406 bits per heavy atom. The number of hydrogen-bond donors (Lipinski definition) is 10. The molecule has 0 aliphatic rings. The first-order valence-corrected chi connectivity index (χ1v) is 44.5. The van der Waals surface area contributed by atoms with Gasteiger partial charge in [0.05, 0.1) is 138 Å². The molecular weight excluding hydrogens is 2600 g/mol. The van der Waals surface area contributed by atoms with Gasteiger partial charge in [-0.2, -0.15) is 48.8 Å². The van der Waals surface area contributed by atoms with Gasteiger partial charge in [-0.1, -0.05) is 174 Å². The number of unbranched alkanes of at least 4 members (excludes halogenated alkanes) is 7. The van der Waals surface area contributed by atoms with Crippen molar-refractivity contribution in [1.82, 2.24) is 10.6 Å². The van der Waals surface area contributed by atoms with Gasteiger partial charge in [0, 0.05) is 187 Å². The third kappa shape index (κ3) is 204. The molecule has 796 valence electrons. The zero-order valence-corrected chi connectivity index (χ0v) is 87.2. The number of carbonyl (C=O) groups excluding carboxylic acids is 9. The van der Waals surface area contributed by atoms with Gasteiger partial charge in [0.2, 0.25) is 16.5 Å². The van der Waals surface area contributed by atoms with Crippen molar-refractivity contribution in [2.75, 3.05) is 213 Å². The van der Waals surface area contributed by atoms with Gasteiger partial charge in [-0.25, -0.2) is 0 Å². The first-order valence-electron chi connectivity index (χ1n) is 38.5. The molecule has 0 atom stereocenters. The van der Waals surface area contributed by atoms with Crippen molar-refractivity contribution < 1.29 is 205 Å². The number of aliphatic hydroxyl groups is 2. The van der Waals surface area contributed by atoms with E-state index in [1.807, 2.05) is 56.1 Å². The molecule has 0 aromatic heterocycles. The standard InChI is InChI=1S/C13H17NO3.C11H21NO4.C11H22OS.C10H20O4S.C8H11NO.C6H15NO3.C6H15NS.C6H14O3S.2C3H6O2.C2H2Br2O.10CH4.4Au/c1-3-13(16)17-12-6-4-11(5-7-12)8-9-14-10(2)15;1-3-11(14)4-6-15-8-9-16-7-5-12-10(2)13;1-3-11(12)9-7-5-4-6-8-10-13-2;1-3-10(11)14-7-6-12-4-5-13-8-9-15-2;9-6-5-7-1-3-8(10)4-2-7;7-1-3-9-5-6-10-4-2-8;7-5-3-1-2-4-6-8;7-1-2-8-3-4-9-5-6-10;2*1-3(4)5-2;3-1-2(4)5;;;;;;;;;;;;;;/h4-7H,3,8-9H2,1-2H3,(H,14,15);3-9H2,1-2H3,(H,12,13);3-10H2,1-2H3;3-9H2,1-2H3;1-4,10H,5-6,9H2;8H,1-7H2;8H,1-7H2;7,10H,1-6H2;2*1-2H3;1H2;10*1H4;;;;. The van der Waals surface area contributed by atoms with Gasteiger partial charge in [0.1, 0.15) is 29.7 Å². The van der Waals surface area contributed by atoms with Crippen molar-refractivity contribution in [1.29, 1.82) is 0 Å². The maximum absolute atomic E-state index is 11.0. The van der Waals surface area contributed by atoms with Crippen molar-refractivity contribution in [2.45, 2.75) is 239 Å². The number of methoxy groups -OCH3 is 2. The number of ketones is 2. The fourth-order valence-electron chi connectivity index (χ4n) is 6.71. The fourth-order valence-corrected chi connectivity index (χ4v) is 7.84. The average Bonchev–Trinajstić information content (AvgIpc) is 0.994. The minimum absolute atomic E-state index is 0. The fraction of sp³-hybridized carbons (Fsp3) is 0.764. The van der Waals surface area contributed by atoms with Crippen LogP contribution in [-0.4, -0.2) is 281 Å². The Labute approximate surface area is 880 Å². The molecular formula is C89H189Au4Br2N5O24S4. The topological polar surface area (TPSA) is 427 Å². The molecule has 0 aliphatic heterocycles. The third-order valence-electron chi connectivity index (χ3n) is 12.8. The minimum Gasteiger partial charge on any atom is -0.508 e. The number of aromatic hydroxyl groups is 1. The van der Waals surface area contributed by atoms with Gasteiger partial charge in [-0.15, -0.1) is 0 Å². The molecule has 0 spiro atoms. The number of benzene rings is 2. The Kier molecular flexibility index (Phi) is 246. The van der Waals surface area contributed by atoms with Crippen LogP contribution < -0.4 is 32.6 Å². The number of esters is 4. The third-order valence-corrected chi connectivity index (χ3v) is 16.1. The van der Waals surface area contributed by atoms with Crippen molar-refractivity contribution in [3.63, 3.8) is 0 Å². The van der Waals surface area contributed by atoms with Gasteiger partial charge in [-0.05, 0) is 127 Å². The minimum atomic E-state index is -0.245. The molecule has 0 aliphatic carbocycles. The first kappa shape index (κ1) is 186. The molecule has 4 radical (unpaired) electrons. The molecule has 2 rings (SSSR count). The average molecular weight is 2790 g/mol. The summed E-state index contributed by atoms with van der Waals surface area (Å²) in [6, 6.07) is 14.4. The molecule has 2 aromatic rings. The predicted molar refractivity (Wildman–Crippen MR) is 541 cm³/mol. The number of thiol groups is 2. The number of thioether (sulfide) groups is 2. The molecule has 11 N–H and O–H groups in total. The number of ether oxygens (including phenoxy) is 12. The molecule has 2 amide bonds. The molecule has 0 saturated heterocycles. The molecule has 128 heavy (non-hydrogen) atoms. The van der Waals surface area contributed by atoms with Gasteiger partial charge in [0.25, 0.3) is 0 Å². The molecule has 29 nitrogen and oxygen atoms in total. The van der Waals surface area contributed by atoms with E-state index in [2.05, 4.69) is 83.5 Å². The van der Waals surface area contributed by atoms with Crippen LogP contribution in [-0.2, 0) is 198 Å². The molecule has 0 fully saturated rings. The van der Waals surface area contributed by atoms with E-state index < -0.39 is 0 Å². The van der Waals surface area contributed by atoms with E-state index in [0.717, 1.165) is 61.7 Å². The predicted octanol–water partition coefficient (Wildman–Crippen LogP) is 16.5. The summed E-state index contributed by atoms with van der Waals surface area (Å²) in [7, 11) is 2.70. The number of Topliss-reactive ketones (excluding diaryl/α,β-unsaturated/α-hetero) is 2. The summed E-state index contributed by atoms with van der Waals surface area (Å²) in [6.45, 7) is 25.1. The van der Waals surface area contributed by atoms with Crippen molar-refractivity contribution in [2.24, 2.45) is 17.2 Å². The van der Waals surface area contributed by atoms with Gasteiger partial charge in [-0.3, -0.25) is 43.2 Å². The number of nitrogens with one attached hydrogen (secondary N) is 2. The van der Waals surface area contributed by atoms with Gasteiger partial charge in [0.15, 0.2) is 0 Å². The number of phenols is 1. The largest absolute Gasteiger partial charge is 0.508 e. The Bertz CT molecular complexity index is 2340. The van der Waals surface area contributed by atoms with Gasteiger partial charge >= 0.3 is 23.9 Å². The van der Waals surface area contributed by atoms with E-state index in [1.165, 1.54) is 105 Å². The smallest absolute Gasteiger partial charge is 0.310 e. The van der Waals surface area contributed by atoms with E-state index in [9.17, 15) is 43.2 Å². The molecule has 0 unspecified atom stereocenters. The molecule has 0 saturated carbocycles. The Morgan fingerprint density at radius 3 is 1.15 bits per heavy atom. The Morgan fingerprint density at radius 2 is 0.766 bits per heavy atom. The number of hydrogen-bond acceptors (Lipinski definition) is 31. The number of amides is 2. The number of carbonyl (C=O) groups is 9. The molecule has 0 bridgehead atoms. The second-order valence-electron chi connectivity index (χ2n) is 22.7. The molecule has 2 aromatic carbocycles. The maximum atomic E-state index is 11.0. The summed E-state index contributed by atoms with van der Waals surface area (Å²) in [5.74, 6) is 4.54. The summed E-state index contributed by atoms with van der Waals surface area (Å²) in [6.07, 6.45) is 20.5. The van der Waals surface area contributed by atoms with Crippen LogP contribution >= 0.6 is 80.6 Å². The summed E-state index contributed by atoms with van der Waals surface area (Å²) in [5.41, 5.74) is 18.1. The van der Waals surface area contributed by atoms with Crippen LogP contribution in [0.3, 0.4) is 0 Å². The van der Waals surface area contributed by atoms with Crippen LogP contribution in [0.4, 0.5) is 0 Å². The van der Waals surface area contributed by atoms with Crippen LogP contribution in [0.5, 0.6) is 11.5 Å². The van der Waals surface area contributed by atoms with E-state index in [4.69, 9.17) is 79.9 Å². The zero-order chi connectivity index (χ0) is 88.0. The van der Waals surface area contributed by atoms with Crippen LogP contribution in [0.15, 0.2) is 48.5 Å². The van der Waals surface area contributed by atoms with Crippen LogP contribution in [0, 0.1) is 0 Å². The summed E-state index contributed by atoms with van der Waals surface area (Å²) >= 11 is 17.3. The number of nitrogens with two attached hydrogens (primary N) is 3. The van der Waals surface area contributed by atoms with E-state index in [-0.39, 0.29) is 223 Å². The van der Waals surface area contributed by atoms with Gasteiger partial charge < -0.3 is 100.0 Å². The van der Waals surface area contributed by atoms with E-state index in [0.29, 0.717) is 187 Å². The van der Waals surface area contributed by atoms with Crippen molar-refractivity contribution in [3.05, 3.63) is 59.7 Å². The second kappa shape index (κ2) is 169. The number of alkyl halides is 1. The van der Waals surface area contributed by atoms with E-state index in [1.54, 1.807) is 49.9 Å². The number of phenolic OH excluding ortho intramolecular Hbond substituents is 1. The number of rotatable bonds is 56. The zero-order valence-electron chi connectivity index (χ0n) is 72.0. The molecule has 39 heteroatoms. The van der Waals surface area contributed by atoms with Crippen molar-refractivity contribution >= 4 is 133 Å². The Hall–Kier alpha value is -1.13. The molecule has 0 heterocycles. The summed E-state index contributed by atoms with van der Waals surface area (Å²) < 4.78 is 58.8. The number of aliphatic hydroxyl groups excluding tert-OH is 2. The monoisotopic (exact) mass is 2790 g/mol. The first-order chi connectivity index (χ1) is 54.8. The maximum Gasteiger partial charge on any atom is 0.310 e. The van der Waals surface area contributed by atoms with Crippen molar-refractivity contribution in [3.8, 4) is 11.5 Å². The van der Waals surface area contributed by atoms with Crippen LogP contribution in [0.1, 0.15) is 237 Å². The summed E-state index contributed by atoms with van der Waals surface area (Å²) in [5, 5.41) is 31.2. The van der Waals surface area contributed by atoms with Crippen LogP contribution in [0.25, 0.3) is 0 Å². The van der Waals surface area contributed by atoms with E-state index >= 15 is 0 Å². The summed E-state index contributed by atoms with van der Waals surface area (Å²) in [4.78, 5) is 93.6. The Balaban J connectivity index is -0.0000000454. The quantitative estimate of drug-likeness (QED) is 0.00430. The normalized spacial score (nSPS) is 8.60. The second-order valence-corrected chi connectivity index (χ2v) is 27.0. The van der Waals surface area contributed by atoms with Crippen LogP contribution in [0.2, 0.25) is 0 Å².